The highest BCUT2D eigenvalue weighted by Crippen LogP contribution is 2.38. The fourth-order valence-corrected chi connectivity index (χ4v) is 4.12. The van der Waals surface area contributed by atoms with E-state index in [-0.39, 0.29) is 11.7 Å². The van der Waals surface area contributed by atoms with Crippen molar-refractivity contribution in [3.05, 3.63) is 65.5 Å². The van der Waals surface area contributed by atoms with Gasteiger partial charge >= 0.3 is 0 Å². The van der Waals surface area contributed by atoms with Gasteiger partial charge in [0, 0.05) is 30.2 Å². The van der Waals surface area contributed by atoms with Crippen molar-refractivity contribution >= 4 is 11.6 Å². The molecule has 5 rings (SSSR count). The number of carbonyl (C=O) groups is 1. The van der Waals surface area contributed by atoms with Crippen LogP contribution >= 0.6 is 0 Å². The molecule has 1 aliphatic carbocycles. The Labute approximate surface area is 184 Å². The van der Waals surface area contributed by atoms with Crippen molar-refractivity contribution < 1.29 is 19.0 Å². The number of hydrogen-bond acceptors (Lipinski definition) is 7. The number of rotatable bonds is 5. The van der Waals surface area contributed by atoms with Gasteiger partial charge in [-0.3, -0.25) is 4.79 Å². The van der Waals surface area contributed by atoms with Gasteiger partial charge in [0.05, 0.1) is 32.6 Å². The summed E-state index contributed by atoms with van der Waals surface area (Å²) in [6.07, 6.45) is 2.73. The van der Waals surface area contributed by atoms with E-state index in [1.54, 1.807) is 32.0 Å². The maximum atomic E-state index is 13.0. The molecule has 8 heteroatoms. The minimum Gasteiger partial charge on any atom is -0.497 e. The van der Waals surface area contributed by atoms with Gasteiger partial charge in [0.25, 0.3) is 5.78 Å². The lowest BCUT2D eigenvalue weighted by molar-refractivity contribution is 0.0962. The zero-order valence-corrected chi connectivity index (χ0v) is 18.0. The van der Waals surface area contributed by atoms with Crippen molar-refractivity contribution in [3.8, 4) is 28.6 Å². The summed E-state index contributed by atoms with van der Waals surface area (Å²) >= 11 is 0. The van der Waals surface area contributed by atoms with Gasteiger partial charge in [0.15, 0.2) is 11.6 Å². The van der Waals surface area contributed by atoms with Gasteiger partial charge in [-0.25, -0.2) is 9.50 Å². The smallest absolute Gasteiger partial charge is 0.252 e. The van der Waals surface area contributed by atoms with Gasteiger partial charge in [0.2, 0.25) is 0 Å². The molecule has 0 amide bonds. The number of ketones is 1. The van der Waals surface area contributed by atoms with Crippen LogP contribution in [0.15, 0.2) is 48.7 Å². The zero-order chi connectivity index (χ0) is 22.2. The van der Waals surface area contributed by atoms with Crippen molar-refractivity contribution in [2.75, 3.05) is 21.3 Å². The van der Waals surface area contributed by atoms with E-state index in [2.05, 4.69) is 15.1 Å². The Morgan fingerprint density at radius 1 is 0.906 bits per heavy atom. The molecule has 8 nitrogen and oxygen atoms in total. The van der Waals surface area contributed by atoms with Crippen molar-refractivity contribution in [1.29, 1.82) is 0 Å². The number of aromatic nitrogens is 4. The third-order valence-electron chi connectivity index (χ3n) is 5.81. The summed E-state index contributed by atoms with van der Waals surface area (Å²) < 4.78 is 17.6. The monoisotopic (exact) mass is 430 g/mol. The Bertz CT molecular complexity index is 1310. The summed E-state index contributed by atoms with van der Waals surface area (Å²) in [7, 11) is 4.86. The lowest BCUT2D eigenvalue weighted by Crippen LogP contribution is -2.21. The van der Waals surface area contributed by atoms with Gasteiger partial charge in [0.1, 0.15) is 17.2 Å². The first-order valence-electron chi connectivity index (χ1n) is 10.3. The topological polar surface area (TPSA) is 87.8 Å². The standard InChI is InChI=1S/C24H22N4O4/c1-30-16-6-4-14(5-7-16)23-26-24-25-20-10-15(11-21(29)19(20)13-28(24)27-23)18-9-8-17(31-2)12-22(18)32-3/h4-9,12-13,15H,10-11H2,1-3H3/t15-/m0/s1. The molecule has 1 atom stereocenters. The summed E-state index contributed by atoms with van der Waals surface area (Å²) in [5.41, 5.74) is 3.13. The molecule has 0 saturated heterocycles. The van der Waals surface area contributed by atoms with Crippen molar-refractivity contribution in [2.45, 2.75) is 18.8 Å². The normalized spacial score (nSPS) is 15.5. The van der Waals surface area contributed by atoms with Crippen LogP contribution in [-0.2, 0) is 6.42 Å². The number of carbonyl (C=O) groups excluding carboxylic acids is 1. The molecule has 0 unspecified atom stereocenters. The Morgan fingerprint density at radius 3 is 2.38 bits per heavy atom. The van der Waals surface area contributed by atoms with E-state index < -0.39 is 0 Å². The predicted octanol–water partition coefficient (Wildman–Crippen LogP) is 3.73. The van der Waals surface area contributed by atoms with E-state index >= 15 is 0 Å². The maximum Gasteiger partial charge on any atom is 0.252 e. The Kier molecular flexibility index (Phi) is 4.97. The molecule has 4 aromatic rings. The molecule has 0 saturated carbocycles. The van der Waals surface area contributed by atoms with Crippen LogP contribution in [0.3, 0.4) is 0 Å². The largest absolute Gasteiger partial charge is 0.497 e. The first-order valence-corrected chi connectivity index (χ1v) is 10.3. The molecule has 162 valence electrons. The summed E-state index contributed by atoms with van der Waals surface area (Å²) in [5, 5.41) is 4.52. The van der Waals surface area contributed by atoms with Crippen LogP contribution < -0.4 is 14.2 Å². The lowest BCUT2D eigenvalue weighted by atomic mass is 9.82. The number of benzene rings is 2. The van der Waals surface area contributed by atoms with Crippen molar-refractivity contribution in [3.63, 3.8) is 0 Å². The van der Waals surface area contributed by atoms with Crippen LogP contribution in [0.4, 0.5) is 0 Å². The molecule has 2 aromatic heterocycles. The van der Waals surface area contributed by atoms with Crippen LogP contribution in [0, 0.1) is 0 Å². The van der Waals surface area contributed by atoms with E-state index in [0.29, 0.717) is 41.5 Å². The second-order valence-corrected chi connectivity index (χ2v) is 7.65. The summed E-state index contributed by atoms with van der Waals surface area (Å²) in [5.74, 6) is 3.18. The molecule has 1 aliphatic rings. The predicted molar refractivity (Wildman–Crippen MR) is 118 cm³/mol. The fourth-order valence-electron chi connectivity index (χ4n) is 4.12. The SMILES string of the molecule is COc1ccc(-c2nc3nc4c(cn3n2)C(=O)C[C@@H](c2ccc(OC)cc2OC)C4)cc1. The highest BCUT2D eigenvalue weighted by Gasteiger charge is 2.30. The molecule has 2 heterocycles. The van der Waals surface area contributed by atoms with E-state index in [9.17, 15) is 4.79 Å². The summed E-state index contributed by atoms with van der Waals surface area (Å²) in [4.78, 5) is 22.3. The van der Waals surface area contributed by atoms with Crippen LogP contribution in [0.1, 0.15) is 34.0 Å². The number of ether oxygens (including phenoxy) is 3. The summed E-state index contributed by atoms with van der Waals surface area (Å²) in [6, 6.07) is 13.2. The van der Waals surface area contributed by atoms with Crippen LogP contribution in [-0.4, -0.2) is 46.7 Å². The molecule has 0 radical (unpaired) electrons. The number of Topliss-reactive ketones (excluding diaryl/α,β-unsaturated/α-hetero) is 1. The van der Waals surface area contributed by atoms with E-state index in [1.807, 2.05) is 42.5 Å². The Morgan fingerprint density at radius 2 is 1.66 bits per heavy atom. The van der Waals surface area contributed by atoms with E-state index in [4.69, 9.17) is 14.2 Å². The molecule has 0 fully saturated rings. The third kappa shape index (κ3) is 3.43. The number of hydrogen-bond donors (Lipinski definition) is 0. The molecule has 2 aromatic carbocycles. The molecule has 0 spiro atoms. The quantitative estimate of drug-likeness (QED) is 0.477. The average molecular weight is 430 g/mol. The van der Waals surface area contributed by atoms with E-state index in [1.165, 1.54) is 0 Å². The number of nitrogens with zero attached hydrogens (tertiary/aromatic N) is 4. The number of methoxy groups -OCH3 is 3. The van der Waals surface area contributed by atoms with Crippen LogP contribution in [0.2, 0.25) is 0 Å². The zero-order valence-electron chi connectivity index (χ0n) is 18.0. The first-order chi connectivity index (χ1) is 15.6. The second kappa shape index (κ2) is 7.96. The maximum absolute atomic E-state index is 13.0. The molecule has 0 N–H and O–H groups in total. The van der Waals surface area contributed by atoms with Gasteiger partial charge < -0.3 is 14.2 Å². The summed E-state index contributed by atoms with van der Waals surface area (Å²) in [6.45, 7) is 0. The van der Waals surface area contributed by atoms with Gasteiger partial charge in [-0.2, -0.15) is 4.98 Å². The van der Waals surface area contributed by atoms with E-state index in [0.717, 1.165) is 22.6 Å². The Balaban J connectivity index is 1.51. The van der Waals surface area contributed by atoms with Gasteiger partial charge in [-0.05, 0) is 42.3 Å². The number of fused-ring (bicyclic) bond motifs is 2. The van der Waals surface area contributed by atoms with Gasteiger partial charge in [-0.1, -0.05) is 6.07 Å². The molecule has 32 heavy (non-hydrogen) atoms. The minimum absolute atomic E-state index is 0.0324. The first kappa shape index (κ1) is 20.0. The highest BCUT2D eigenvalue weighted by molar-refractivity contribution is 5.98. The minimum atomic E-state index is -0.0326. The molecular formula is C24H22N4O4. The average Bonchev–Trinajstić information content (AvgIpc) is 3.25. The third-order valence-corrected chi connectivity index (χ3v) is 5.81. The molecule has 0 bridgehead atoms. The highest BCUT2D eigenvalue weighted by atomic mass is 16.5. The van der Waals surface area contributed by atoms with Crippen LogP contribution in [0.5, 0.6) is 17.2 Å². The molecule has 0 aliphatic heterocycles. The molecular weight excluding hydrogens is 408 g/mol. The van der Waals surface area contributed by atoms with Gasteiger partial charge in [-0.15, -0.1) is 5.10 Å². The van der Waals surface area contributed by atoms with Crippen molar-refractivity contribution in [2.24, 2.45) is 0 Å². The van der Waals surface area contributed by atoms with Crippen molar-refractivity contribution in [1.82, 2.24) is 19.6 Å². The lowest BCUT2D eigenvalue weighted by Gasteiger charge is -2.24. The second-order valence-electron chi connectivity index (χ2n) is 7.65. The van der Waals surface area contributed by atoms with Crippen LogP contribution in [0.25, 0.3) is 17.2 Å². The Hall–Kier alpha value is -3.94. The fraction of sp³-hybridized carbons (Fsp3) is 0.250.